The molecule has 0 N–H and O–H groups in total. The van der Waals surface area contributed by atoms with Crippen molar-refractivity contribution in [2.75, 3.05) is 0 Å². The first-order valence-corrected chi connectivity index (χ1v) is 13.5. The molecule has 0 amide bonds. The maximum absolute atomic E-state index is 9.20. The van der Waals surface area contributed by atoms with Crippen LogP contribution in [0.2, 0.25) is 0 Å². The summed E-state index contributed by atoms with van der Waals surface area (Å²) in [5.74, 6) is 0. The van der Waals surface area contributed by atoms with Crippen molar-refractivity contribution in [2.24, 2.45) is 0 Å². The molecule has 18 nitrogen and oxygen atoms in total. The average Bonchev–Trinajstić information content (AvgIpc) is 2.08. The Morgan fingerprint density at radius 1 is 0.269 bits per heavy atom. The summed E-state index contributed by atoms with van der Waals surface area (Å²) in [4.78, 5) is 0. The fraction of sp³-hybridized carbons (Fsp3) is 0. The van der Waals surface area contributed by atoms with Crippen LogP contribution < -0.4 is 0 Å². The van der Waals surface area contributed by atoms with E-state index in [4.69, 9.17) is 0 Å². The molecular weight excluding hydrogens is 570 g/mol. The van der Waals surface area contributed by atoms with Gasteiger partial charge in [0, 0.05) is 0 Å². The molecule has 0 heterocycles. The Morgan fingerprint density at radius 2 is 0.308 bits per heavy atom. The Hall–Kier alpha value is 1.20. The fourth-order valence-corrected chi connectivity index (χ4v) is 0. The van der Waals surface area contributed by atoms with Gasteiger partial charge in [-0.3, -0.25) is 0 Å². The van der Waals surface area contributed by atoms with Crippen molar-refractivity contribution >= 4 is 54.9 Å². The Bertz CT molecular complexity index is 810. The summed E-state index contributed by atoms with van der Waals surface area (Å²) in [5.41, 5.74) is 0. The van der Waals surface area contributed by atoms with Crippen molar-refractivity contribution in [1.29, 1.82) is 0 Å². The molecule has 0 radical (unpaired) electrons. The van der Waals surface area contributed by atoms with Crippen molar-refractivity contribution in [3.05, 3.63) is 0 Å². The Labute approximate surface area is 182 Å². The van der Waals surface area contributed by atoms with E-state index in [1.807, 2.05) is 0 Å². The first-order chi connectivity index (χ1) is 9.75. The zero-order valence-electron chi connectivity index (χ0n) is 11.0. The number of hydrogen-bond acceptors (Lipinski definition) is 18. The molecule has 0 aliphatic rings. The zero-order valence-corrected chi connectivity index (χ0v) is 19.5. The van der Waals surface area contributed by atoms with E-state index in [1.165, 1.54) is 0 Å². The maximum Gasteiger partial charge on any atom is 3.00 e. The second-order valence-corrected chi connectivity index (χ2v) is 14.7. The molecule has 0 unspecified atom stereocenters. The first-order valence-electron chi connectivity index (χ1n) is 3.50. The molecule has 150 valence electrons. The van der Waals surface area contributed by atoms with E-state index in [0.717, 1.165) is 0 Å². The number of rotatable bonds is 3. The predicted molar refractivity (Wildman–Crippen MR) is 58.2 cm³/mol. The molecule has 26 heavy (non-hydrogen) atoms. The monoisotopic (exact) mass is 570 g/mol. The van der Waals surface area contributed by atoms with E-state index < -0.39 is 54.9 Å². The molecule has 0 aliphatic carbocycles. The van der Waals surface area contributed by atoms with Gasteiger partial charge in [0.1, 0.15) is 0 Å². The van der Waals surface area contributed by atoms with Crippen LogP contribution in [0.3, 0.4) is 0 Å². The molecule has 0 aliphatic heterocycles. The normalized spacial score (nSPS) is 12.7. The van der Waals surface area contributed by atoms with Crippen molar-refractivity contribution in [3.8, 4) is 0 Å². The van der Waals surface area contributed by atoms with Crippen LogP contribution in [0.15, 0.2) is 0 Å². The van der Waals surface area contributed by atoms with Gasteiger partial charge < -0.3 is 27.3 Å². The zero-order chi connectivity index (χ0) is 21.0. The topological polar surface area (TPSA) is 343 Å². The van der Waals surface area contributed by atoms with Gasteiger partial charge in [-0.1, -0.05) is 0 Å². The third-order valence-corrected chi connectivity index (χ3v) is 6.75. The van der Waals surface area contributed by atoms with E-state index >= 15 is 0 Å². The van der Waals surface area contributed by atoms with Crippen molar-refractivity contribution in [2.45, 2.75) is 0 Å². The number of hydrogen-bond donors (Lipinski definition) is 0. The summed E-state index contributed by atoms with van der Waals surface area (Å²) >= 11 is 0. The van der Waals surface area contributed by atoms with Crippen LogP contribution in [-0.4, -0.2) is 77.8 Å². The quantitative estimate of drug-likeness (QED) is 0.225. The van der Waals surface area contributed by atoms with Gasteiger partial charge in [0.15, 0.2) is 54.9 Å². The van der Waals surface area contributed by atoms with Gasteiger partial charge >= 0.3 is 51.7 Å². The molecule has 0 saturated carbocycles. The van der Waals surface area contributed by atoms with Gasteiger partial charge in [-0.2, -0.15) is 0 Å². The predicted octanol–water partition coefficient (Wildman–Crippen LogP) is -6.03. The van der Waals surface area contributed by atoms with Crippen LogP contribution in [0.25, 0.3) is 0 Å². The summed E-state index contributed by atoms with van der Waals surface area (Å²) in [6, 6.07) is 0. The minimum Gasteiger partial charge on any atom is -0.736 e. The summed E-state index contributed by atoms with van der Waals surface area (Å²) in [6.45, 7) is 0. The van der Waals surface area contributed by atoms with Gasteiger partial charge in [-0.15, -0.1) is 0 Å². The van der Waals surface area contributed by atoms with E-state index in [9.17, 15) is 77.8 Å². The van der Waals surface area contributed by atoms with E-state index in [1.54, 1.807) is 0 Å². The molecule has 0 aromatic heterocycles. The summed E-state index contributed by atoms with van der Waals surface area (Å²) in [7, 11) is -34.0. The van der Waals surface area contributed by atoms with Crippen molar-refractivity contribution in [1.82, 2.24) is 0 Å². The smallest absolute Gasteiger partial charge is 0.736 e. The van der Waals surface area contributed by atoms with Gasteiger partial charge in [0.25, 0.3) is 0 Å². The Kier molecular flexibility index (Phi) is 17.5. The SMILES string of the molecule is O=S(=O)([O-])S(=O)(=O)[O-].O=S(=O)([O-])S(=O)(=O)[O-].O=S(=O)([O-])S(=O)(=O)[O-].[Sc+3].[Sc+3]. The van der Waals surface area contributed by atoms with Crippen LogP contribution >= 0.6 is 0 Å². The molecule has 0 spiro atoms. The summed E-state index contributed by atoms with van der Waals surface area (Å²) < 4.78 is 166. The standard InChI is InChI=1S/3H2O6S2.2Sc/c3*1-7(2,3)8(4,5)6;;/h3*(H,1,2,3)(H,4,5,6);;/q;;;2*+3/p-6. The third kappa shape index (κ3) is 18.6. The summed E-state index contributed by atoms with van der Waals surface area (Å²) in [6.07, 6.45) is 0. The molecule has 0 aromatic rings. The molecule has 0 fully saturated rings. The van der Waals surface area contributed by atoms with Crippen molar-refractivity contribution in [3.63, 3.8) is 0 Å². The van der Waals surface area contributed by atoms with E-state index in [2.05, 4.69) is 0 Å². The second kappa shape index (κ2) is 12.0. The Morgan fingerprint density at radius 3 is 0.308 bits per heavy atom. The molecular formula is O18S6Sc2. The van der Waals surface area contributed by atoms with E-state index in [0.29, 0.717) is 0 Å². The van der Waals surface area contributed by atoms with Crippen LogP contribution in [0.1, 0.15) is 0 Å². The molecule has 0 atom stereocenters. The summed E-state index contributed by atoms with van der Waals surface area (Å²) in [5, 5.41) is 0. The molecule has 0 saturated heterocycles. The minimum atomic E-state index is -5.67. The Balaban J connectivity index is -0.0000000817. The maximum atomic E-state index is 9.20. The van der Waals surface area contributed by atoms with Crippen LogP contribution in [0.4, 0.5) is 0 Å². The fourth-order valence-electron chi connectivity index (χ4n) is 0. The van der Waals surface area contributed by atoms with E-state index in [-0.39, 0.29) is 51.7 Å². The van der Waals surface area contributed by atoms with Gasteiger partial charge in [-0.05, 0) is 0 Å². The minimum absolute atomic E-state index is 0. The first kappa shape index (κ1) is 37.9. The van der Waals surface area contributed by atoms with Crippen LogP contribution in [0, 0.1) is 0 Å². The molecule has 0 rings (SSSR count). The molecule has 0 aromatic carbocycles. The van der Waals surface area contributed by atoms with Gasteiger partial charge in [-0.25, -0.2) is 50.5 Å². The van der Waals surface area contributed by atoms with Crippen molar-refractivity contribution < 1.29 is 130 Å². The molecule has 0 bridgehead atoms. The molecule has 26 heteroatoms. The average molecular weight is 570 g/mol. The van der Waals surface area contributed by atoms with Gasteiger partial charge in [0.2, 0.25) is 0 Å². The van der Waals surface area contributed by atoms with Crippen LogP contribution in [0.5, 0.6) is 0 Å². The third-order valence-electron chi connectivity index (χ3n) is 0.750. The second-order valence-electron chi connectivity index (χ2n) is 2.45. The van der Waals surface area contributed by atoms with Crippen LogP contribution in [-0.2, 0) is 107 Å². The largest absolute Gasteiger partial charge is 3.00 e. The van der Waals surface area contributed by atoms with Gasteiger partial charge in [0.05, 0.1) is 0 Å².